The van der Waals surface area contributed by atoms with Gasteiger partial charge in [-0.05, 0) is 47.1 Å². The van der Waals surface area contributed by atoms with Gasteiger partial charge in [-0.1, -0.05) is 22.0 Å². The lowest BCUT2D eigenvalue weighted by Gasteiger charge is -2.01. The molecule has 2 aromatic heterocycles. The van der Waals surface area contributed by atoms with Crippen molar-refractivity contribution >= 4 is 49.5 Å². The second-order valence-corrected chi connectivity index (χ2v) is 8.05. The second kappa shape index (κ2) is 5.87. The molecule has 6 heteroatoms. The molecule has 2 heterocycles. The number of carbonyl (C=O) groups excluding carboxylic acids is 1. The quantitative estimate of drug-likeness (QED) is 0.537. The van der Waals surface area contributed by atoms with E-state index in [0.29, 0.717) is 11.3 Å². The smallest absolute Gasteiger partial charge is 0.153 e. The summed E-state index contributed by atoms with van der Waals surface area (Å²) in [6, 6.07) is 9.80. The highest BCUT2D eigenvalue weighted by molar-refractivity contribution is 9.11. The third kappa shape index (κ3) is 2.88. The number of hydrogen-bond donors (Lipinski definition) is 0. The lowest BCUT2D eigenvalue weighted by atomic mass is 10.1. The van der Waals surface area contributed by atoms with Crippen molar-refractivity contribution in [1.82, 2.24) is 9.78 Å². The van der Waals surface area contributed by atoms with Gasteiger partial charge in [0.2, 0.25) is 0 Å². The van der Waals surface area contributed by atoms with Gasteiger partial charge < -0.3 is 0 Å². The minimum Gasteiger partial charge on any atom is -0.298 e. The normalized spacial score (nSPS) is 10.8. The van der Waals surface area contributed by atoms with Gasteiger partial charge in [-0.3, -0.25) is 4.79 Å². The first-order valence-electron chi connectivity index (χ1n) is 6.15. The zero-order chi connectivity index (χ0) is 15.0. The molecule has 0 bridgehead atoms. The van der Waals surface area contributed by atoms with Crippen LogP contribution in [0.2, 0.25) is 0 Å². The van der Waals surface area contributed by atoms with Crippen LogP contribution in [-0.4, -0.2) is 16.1 Å². The van der Waals surface area contributed by atoms with Crippen molar-refractivity contribution in [3.05, 3.63) is 55.2 Å². The minimum atomic E-state index is 0.586. The summed E-state index contributed by atoms with van der Waals surface area (Å²) in [7, 11) is 0. The molecule has 0 saturated heterocycles. The van der Waals surface area contributed by atoms with Gasteiger partial charge in [-0.2, -0.15) is 5.10 Å². The number of aromatic nitrogens is 2. The molecular formula is C15H10Br2N2OS. The van der Waals surface area contributed by atoms with Gasteiger partial charge in [0, 0.05) is 21.1 Å². The first-order chi connectivity index (χ1) is 10.1. The van der Waals surface area contributed by atoms with Crippen LogP contribution in [0.1, 0.15) is 15.2 Å². The molecule has 106 valence electrons. The maximum atomic E-state index is 11.4. The molecule has 0 aliphatic rings. The largest absolute Gasteiger partial charge is 0.298 e. The lowest BCUT2D eigenvalue weighted by molar-refractivity contribution is 0.112. The molecule has 3 aromatic rings. The fraction of sp³-hybridized carbons (Fsp3) is 0.0667. The summed E-state index contributed by atoms with van der Waals surface area (Å²) in [5.41, 5.74) is 3.20. The Hall–Kier alpha value is -1.24. The van der Waals surface area contributed by atoms with Gasteiger partial charge in [-0.15, -0.1) is 11.3 Å². The Labute approximate surface area is 142 Å². The van der Waals surface area contributed by atoms with Gasteiger partial charge in [0.15, 0.2) is 6.29 Å². The van der Waals surface area contributed by atoms with Gasteiger partial charge in [0.25, 0.3) is 0 Å². The number of carbonyl (C=O) groups is 1. The molecule has 0 amide bonds. The van der Waals surface area contributed by atoms with Crippen molar-refractivity contribution in [2.45, 2.75) is 6.92 Å². The summed E-state index contributed by atoms with van der Waals surface area (Å²) < 4.78 is 3.73. The molecular weight excluding hydrogens is 416 g/mol. The van der Waals surface area contributed by atoms with Crippen molar-refractivity contribution in [1.29, 1.82) is 0 Å². The van der Waals surface area contributed by atoms with Crippen molar-refractivity contribution in [3.63, 3.8) is 0 Å². The highest BCUT2D eigenvalue weighted by Crippen LogP contribution is 2.34. The van der Waals surface area contributed by atoms with Crippen molar-refractivity contribution in [2.75, 3.05) is 0 Å². The Bertz CT molecular complexity index is 823. The molecule has 0 unspecified atom stereocenters. The van der Waals surface area contributed by atoms with Gasteiger partial charge >= 0.3 is 0 Å². The molecule has 0 saturated carbocycles. The average Bonchev–Trinajstić information content (AvgIpc) is 3.01. The van der Waals surface area contributed by atoms with Crippen LogP contribution >= 0.6 is 43.2 Å². The molecule has 3 nitrogen and oxygen atoms in total. The van der Waals surface area contributed by atoms with Crippen LogP contribution in [0.4, 0.5) is 0 Å². The third-order valence-electron chi connectivity index (χ3n) is 3.09. The van der Waals surface area contributed by atoms with Crippen LogP contribution in [0.25, 0.3) is 16.9 Å². The molecule has 0 fully saturated rings. The number of hydrogen-bond acceptors (Lipinski definition) is 3. The van der Waals surface area contributed by atoms with E-state index in [2.05, 4.69) is 37.0 Å². The molecule has 0 spiro atoms. The SMILES string of the molecule is Cc1sc(Br)cc1-c1nn(-c2cccc(Br)c2)cc1C=O. The summed E-state index contributed by atoms with van der Waals surface area (Å²) in [4.78, 5) is 12.5. The van der Waals surface area contributed by atoms with Crippen LogP contribution in [0.3, 0.4) is 0 Å². The predicted molar refractivity (Wildman–Crippen MR) is 92.4 cm³/mol. The third-order valence-corrected chi connectivity index (χ3v) is 5.13. The number of rotatable bonds is 3. The van der Waals surface area contributed by atoms with Crippen LogP contribution < -0.4 is 0 Å². The second-order valence-electron chi connectivity index (χ2n) is 4.50. The van der Waals surface area contributed by atoms with E-state index >= 15 is 0 Å². The van der Waals surface area contributed by atoms with E-state index in [1.807, 2.05) is 37.3 Å². The zero-order valence-corrected chi connectivity index (χ0v) is 15.0. The Kier molecular flexibility index (Phi) is 4.10. The number of benzene rings is 1. The monoisotopic (exact) mass is 424 g/mol. The average molecular weight is 426 g/mol. The fourth-order valence-corrected chi connectivity index (χ4v) is 4.19. The summed E-state index contributed by atoms with van der Waals surface area (Å²) >= 11 is 8.56. The molecule has 0 aliphatic heterocycles. The lowest BCUT2D eigenvalue weighted by Crippen LogP contribution is -1.94. The first-order valence-corrected chi connectivity index (χ1v) is 8.56. The topological polar surface area (TPSA) is 34.9 Å². The molecule has 1 aromatic carbocycles. The number of nitrogens with zero attached hydrogens (tertiary/aromatic N) is 2. The van der Waals surface area contributed by atoms with Crippen LogP contribution in [0, 0.1) is 6.92 Å². The first kappa shape index (κ1) is 14.7. The molecule has 21 heavy (non-hydrogen) atoms. The van der Waals surface area contributed by atoms with E-state index in [1.54, 1.807) is 22.2 Å². The Morgan fingerprint density at radius 2 is 2.10 bits per heavy atom. The van der Waals surface area contributed by atoms with Crippen LogP contribution in [0.15, 0.2) is 44.8 Å². The van der Waals surface area contributed by atoms with E-state index in [4.69, 9.17) is 0 Å². The Morgan fingerprint density at radius 1 is 1.29 bits per heavy atom. The van der Waals surface area contributed by atoms with E-state index in [9.17, 15) is 4.79 Å². The summed E-state index contributed by atoms with van der Waals surface area (Å²) in [6.07, 6.45) is 2.61. The van der Waals surface area contributed by atoms with Crippen molar-refractivity contribution in [2.24, 2.45) is 0 Å². The predicted octanol–water partition coefficient (Wildman–Crippen LogP) is 5.25. The minimum absolute atomic E-state index is 0.586. The zero-order valence-electron chi connectivity index (χ0n) is 11.0. The van der Waals surface area contributed by atoms with E-state index in [1.165, 1.54) is 0 Å². The number of halogens is 2. The van der Waals surface area contributed by atoms with Crippen molar-refractivity contribution in [3.8, 4) is 16.9 Å². The number of aryl methyl sites for hydroxylation is 1. The highest BCUT2D eigenvalue weighted by atomic mass is 79.9. The highest BCUT2D eigenvalue weighted by Gasteiger charge is 2.15. The van der Waals surface area contributed by atoms with E-state index in [0.717, 1.165) is 30.7 Å². The summed E-state index contributed by atoms with van der Waals surface area (Å²) in [6.45, 7) is 2.03. The molecule has 0 N–H and O–H groups in total. The van der Waals surface area contributed by atoms with Crippen molar-refractivity contribution < 1.29 is 4.79 Å². The van der Waals surface area contributed by atoms with Crippen LogP contribution in [-0.2, 0) is 0 Å². The van der Waals surface area contributed by atoms with Crippen LogP contribution in [0.5, 0.6) is 0 Å². The number of thiophene rings is 1. The number of aldehydes is 1. The molecule has 0 radical (unpaired) electrons. The Morgan fingerprint density at radius 3 is 2.71 bits per heavy atom. The molecule has 0 aliphatic carbocycles. The molecule has 3 rings (SSSR count). The van der Waals surface area contributed by atoms with E-state index < -0.39 is 0 Å². The standard InChI is InChI=1S/C15H10Br2N2OS/c1-9-13(6-14(17)21-9)15-10(8-20)7-19(18-15)12-4-2-3-11(16)5-12/h2-8H,1H3. The molecule has 0 atom stereocenters. The summed E-state index contributed by atoms with van der Waals surface area (Å²) in [5, 5.41) is 4.59. The maximum absolute atomic E-state index is 11.4. The Balaban J connectivity index is 2.15. The maximum Gasteiger partial charge on any atom is 0.153 e. The fourth-order valence-electron chi connectivity index (χ4n) is 2.11. The van der Waals surface area contributed by atoms with E-state index in [-0.39, 0.29) is 0 Å². The van der Waals surface area contributed by atoms with Gasteiger partial charge in [-0.25, -0.2) is 4.68 Å². The van der Waals surface area contributed by atoms with Gasteiger partial charge in [0.05, 0.1) is 15.0 Å². The summed E-state index contributed by atoms with van der Waals surface area (Å²) in [5.74, 6) is 0. The van der Waals surface area contributed by atoms with Gasteiger partial charge in [0.1, 0.15) is 5.69 Å².